The number of rotatable bonds is 3. The molecule has 1 fully saturated rings. The fraction of sp³-hybridized carbons (Fsp3) is 0.667. The van der Waals surface area contributed by atoms with Crippen molar-refractivity contribution in [3.63, 3.8) is 0 Å². The zero-order valence-corrected chi connectivity index (χ0v) is 11.6. The minimum atomic E-state index is 0.673. The lowest BCUT2D eigenvalue weighted by Gasteiger charge is -2.37. The second-order valence-corrected chi connectivity index (χ2v) is 7.10. The van der Waals surface area contributed by atoms with Crippen molar-refractivity contribution in [3.8, 4) is 0 Å². The lowest BCUT2D eigenvalue weighted by molar-refractivity contribution is 0.206. The molecule has 2 rings (SSSR count). The van der Waals surface area contributed by atoms with E-state index in [1.54, 1.807) is 0 Å². The van der Waals surface area contributed by atoms with Gasteiger partial charge in [0.25, 0.3) is 0 Å². The van der Waals surface area contributed by atoms with Gasteiger partial charge in [-0.3, -0.25) is 4.90 Å². The first-order valence-electron chi connectivity index (χ1n) is 5.84. The molecule has 0 saturated carbocycles. The molecule has 2 heterocycles. The average Bonchev–Trinajstić information content (AvgIpc) is 2.73. The Morgan fingerprint density at radius 1 is 1.38 bits per heavy atom. The summed E-state index contributed by atoms with van der Waals surface area (Å²) in [6.07, 6.45) is 0. The van der Waals surface area contributed by atoms with Crippen molar-refractivity contribution in [1.82, 2.24) is 4.90 Å². The van der Waals surface area contributed by atoms with E-state index in [9.17, 15) is 0 Å². The van der Waals surface area contributed by atoms with Gasteiger partial charge in [0, 0.05) is 46.4 Å². The SMILES string of the molecule is CC1SCCN(Cc2ccc(CN)s2)C1C. The first kappa shape index (κ1) is 12.4. The molecule has 2 N–H and O–H groups in total. The van der Waals surface area contributed by atoms with Crippen LogP contribution in [0.4, 0.5) is 0 Å². The van der Waals surface area contributed by atoms with Gasteiger partial charge in [-0.15, -0.1) is 11.3 Å². The monoisotopic (exact) mass is 256 g/mol. The molecule has 0 spiro atoms. The first-order valence-corrected chi connectivity index (χ1v) is 7.70. The summed E-state index contributed by atoms with van der Waals surface area (Å²) < 4.78 is 0. The standard InChI is InChI=1S/C12H20N2S2/c1-9-10(2)15-6-5-14(9)8-12-4-3-11(7-13)16-12/h3-4,9-10H,5-8,13H2,1-2H3. The van der Waals surface area contributed by atoms with Crippen LogP contribution in [0.15, 0.2) is 12.1 Å². The predicted molar refractivity (Wildman–Crippen MR) is 74.0 cm³/mol. The summed E-state index contributed by atoms with van der Waals surface area (Å²) in [5.41, 5.74) is 5.64. The largest absolute Gasteiger partial charge is 0.326 e. The second-order valence-electron chi connectivity index (χ2n) is 4.36. The number of hydrogen-bond acceptors (Lipinski definition) is 4. The molecule has 0 bridgehead atoms. The van der Waals surface area contributed by atoms with Gasteiger partial charge >= 0.3 is 0 Å². The van der Waals surface area contributed by atoms with E-state index in [1.807, 2.05) is 11.3 Å². The van der Waals surface area contributed by atoms with E-state index >= 15 is 0 Å². The molecule has 4 heteroatoms. The quantitative estimate of drug-likeness (QED) is 0.901. The van der Waals surface area contributed by atoms with Crippen LogP contribution in [0.1, 0.15) is 23.6 Å². The molecule has 0 amide bonds. The molecule has 0 aromatic carbocycles. The van der Waals surface area contributed by atoms with Crippen molar-refractivity contribution in [3.05, 3.63) is 21.9 Å². The molecular formula is C12H20N2S2. The van der Waals surface area contributed by atoms with Gasteiger partial charge in [-0.1, -0.05) is 6.92 Å². The molecule has 2 nitrogen and oxygen atoms in total. The van der Waals surface area contributed by atoms with Crippen molar-refractivity contribution in [2.75, 3.05) is 12.3 Å². The maximum Gasteiger partial charge on any atom is 0.0331 e. The molecule has 2 unspecified atom stereocenters. The van der Waals surface area contributed by atoms with Gasteiger partial charge in [0.1, 0.15) is 0 Å². The maximum absolute atomic E-state index is 5.64. The van der Waals surface area contributed by atoms with Crippen LogP contribution in [0.5, 0.6) is 0 Å². The topological polar surface area (TPSA) is 29.3 Å². The summed E-state index contributed by atoms with van der Waals surface area (Å²) in [6.45, 7) is 7.66. The predicted octanol–water partition coefficient (Wildman–Crippen LogP) is 2.53. The normalized spacial score (nSPS) is 27.2. The minimum absolute atomic E-state index is 0.673. The lowest BCUT2D eigenvalue weighted by Crippen LogP contribution is -2.43. The summed E-state index contributed by atoms with van der Waals surface area (Å²) in [7, 11) is 0. The molecule has 1 saturated heterocycles. The summed E-state index contributed by atoms with van der Waals surface area (Å²) in [4.78, 5) is 5.33. The van der Waals surface area contributed by atoms with Gasteiger partial charge in [0.05, 0.1) is 0 Å². The first-order chi connectivity index (χ1) is 7.70. The summed E-state index contributed by atoms with van der Waals surface area (Å²) >= 11 is 3.95. The Morgan fingerprint density at radius 3 is 2.81 bits per heavy atom. The smallest absolute Gasteiger partial charge is 0.0331 e. The zero-order chi connectivity index (χ0) is 11.5. The Morgan fingerprint density at radius 2 is 2.12 bits per heavy atom. The summed E-state index contributed by atoms with van der Waals surface area (Å²) in [5, 5.41) is 0.752. The zero-order valence-electron chi connectivity index (χ0n) is 9.98. The Hall–Kier alpha value is -0.0300. The number of hydrogen-bond donors (Lipinski definition) is 1. The minimum Gasteiger partial charge on any atom is -0.326 e. The van der Waals surface area contributed by atoms with E-state index in [0.717, 1.165) is 11.8 Å². The van der Waals surface area contributed by atoms with Crippen LogP contribution in [0.25, 0.3) is 0 Å². The van der Waals surface area contributed by atoms with E-state index in [-0.39, 0.29) is 0 Å². The van der Waals surface area contributed by atoms with Crippen LogP contribution in [0, 0.1) is 0 Å². The third-order valence-corrected chi connectivity index (χ3v) is 5.72. The van der Waals surface area contributed by atoms with Crippen molar-refractivity contribution in [2.24, 2.45) is 5.73 Å². The third kappa shape index (κ3) is 2.80. The van der Waals surface area contributed by atoms with E-state index in [2.05, 4.69) is 42.6 Å². The Balaban J connectivity index is 1.97. The molecule has 90 valence electrons. The molecule has 1 aromatic rings. The van der Waals surface area contributed by atoms with Crippen LogP contribution < -0.4 is 5.73 Å². The van der Waals surface area contributed by atoms with Gasteiger partial charge in [0.2, 0.25) is 0 Å². The third-order valence-electron chi connectivity index (χ3n) is 3.29. The molecule has 0 aliphatic carbocycles. The van der Waals surface area contributed by atoms with Gasteiger partial charge in [-0.2, -0.15) is 11.8 Å². The molecule has 0 radical (unpaired) electrons. The number of nitrogens with zero attached hydrogens (tertiary/aromatic N) is 1. The van der Waals surface area contributed by atoms with Gasteiger partial charge in [0.15, 0.2) is 0 Å². The highest BCUT2D eigenvalue weighted by Crippen LogP contribution is 2.27. The van der Waals surface area contributed by atoms with Gasteiger partial charge in [-0.25, -0.2) is 0 Å². The summed E-state index contributed by atoms with van der Waals surface area (Å²) in [6, 6.07) is 5.07. The van der Waals surface area contributed by atoms with Crippen molar-refractivity contribution in [1.29, 1.82) is 0 Å². The molecule has 2 atom stereocenters. The van der Waals surface area contributed by atoms with Crippen LogP contribution in [-0.2, 0) is 13.1 Å². The van der Waals surface area contributed by atoms with Crippen LogP contribution in [0.2, 0.25) is 0 Å². The maximum atomic E-state index is 5.64. The van der Waals surface area contributed by atoms with Crippen LogP contribution >= 0.6 is 23.1 Å². The van der Waals surface area contributed by atoms with Crippen LogP contribution in [0.3, 0.4) is 0 Å². The molecule has 1 aromatic heterocycles. The number of thioether (sulfide) groups is 1. The fourth-order valence-electron chi connectivity index (χ4n) is 2.04. The van der Waals surface area contributed by atoms with E-state index in [1.165, 1.54) is 22.1 Å². The van der Waals surface area contributed by atoms with E-state index < -0.39 is 0 Å². The average molecular weight is 256 g/mol. The Labute approximate surface area is 106 Å². The number of thiophene rings is 1. The van der Waals surface area contributed by atoms with Crippen molar-refractivity contribution >= 4 is 23.1 Å². The number of nitrogens with two attached hydrogens (primary N) is 1. The summed E-state index contributed by atoms with van der Waals surface area (Å²) in [5.74, 6) is 1.26. The Bertz CT molecular complexity index is 338. The van der Waals surface area contributed by atoms with Gasteiger partial charge < -0.3 is 5.73 Å². The van der Waals surface area contributed by atoms with E-state index in [0.29, 0.717) is 12.6 Å². The molecular weight excluding hydrogens is 236 g/mol. The molecule has 1 aliphatic heterocycles. The van der Waals surface area contributed by atoms with E-state index in [4.69, 9.17) is 5.73 Å². The molecule has 16 heavy (non-hydrogen) atoms. The van der Waals surface area contributed by atoms with Crippen molar-refractivity contribution < 1.29 is 0 Å². The Kier molecular flexibility index (Phi) is 4.30. The molecule has 1 aliphatic rings. The van der Waals surface area contributed by atoms with Crippen LogP contribution in [-0.4, -0.2) is 28.5 Å². The van der Waals surface area contributed by atoms with Crippen molar-refractivity contribution in [2.45, 2.75) is 38.2 Å². The lowest BCUT2D eigenvalue weighted by atomic mass is 10.2. The van der Waals surface area contributed by atoms with Gasteiger partial charge in [-0.05, 0) is 19.1 Å². The fourth-order valence-corrected chi connectivity index (χ4v) is 4.12. The highest BCUT2D eigenvalue weighted by atomic mass is 32.2. The highest BCUT2D eigenvalue weighted by molar-refractivity contribution is 8.00. The second kappa shape index (κ2) is 5.54. The highest BCUT2D eigenvalue weighted by Gasteiger charge is 2.25.